The quantitative estimate of drug-likeness (QED) is 0.642. The van der Waals surface area contributed by atoms with E-state index >= 15 is 0 Å². The minimum absolute atomic E-state index is 0. The molecule has 0 aliphatic carbocycles. The SMILES string of the molecule is CNS(=O)(=O)c1cc(-c2cs/c(=N/c3ccc(O)cc3)n2C)ccc1Cl.Cl. The number of halogens is 2. The van der Waals surface area contributed by atoms with Gasteiger partial charge in [-0.2, -0.15) is 0 Å². The Morgan fingerprint density at radius 3 is 2.48 bits per heavy atom. The molecule has 2 aromatic carbocycles. The first-order valence-corrected chi connectivity index (χ1v) is 10.3. The van der Waals surface area contributed by atoms with E-state index in [0.717, 1.165) is 10.5 Å². The number of hydrogen-bond donors (Lipinski definition) is 2. The molecular formula is C17H17Cl2N3O3S2. The van der Waals surface area contributed by atoms with Gasteiger partial charge >= 0.3 is 0 Å². The predicted octanol–water partition coefficient (Wildman–Crippen LogP) is 3.67. The standard InChI is InChI=1S/C17H16ClN3O3S2.ClH/c1-19-26(23,24)16-9-11(3-8-14(16)18)15-10-25-17(21(15)2)20-12-4-6-13(22)7-5-12;/h3-10,19,22H,1-2H3;1H/b20-17+;. The van der Waals surface area contributed by atoms with Gasteiger partial charge in [-0.3, -0.25) is 0 Å². The van der Waals surface area contributed by atoms with Crippen LogP contribution in [-0.2, 0) is 17.1 Å². The summed E-state index contributed by atoms with van der Waals surface area (Å²) < 4.78 is 28.4. The topological polar surface area (TPSA) is 83.7 Å². The third-order valence-corrected chi connectivity index (χ3v) is 6.60. The van der Waals surface area contributed by atoms with Gasteiger partial charge in [-0.05, 0) is 43.4 Å². The average Bonchev–Trinajstić information content (AvgIpc) is 2.98. The summed E-state index contributed by atoms with van der Waals surface area (Å²) in [5.41, 5.74) is 2.24. The van der Waals surface area contributed by atoms with Crippen molar-refractivity contribution in [3.63, 3.8) is 0 Å². The van der Waals surface area contributed by atoms with E-state index in [4.69, 9.17) is 11.6 Å². The Balaban J connectivity index is 0.00000261. The molecule has 0 saturated carbocycles. The fraction of sp³-hybridized carbons (Fsp3) is 0.118. The normalized spacial score (nSPS) is 12.0. The molecule has 6 nitrogen and oxygen atoms in total. The van der Waals surface area contributed by atoms with E-state index in [2.05, 4.69) is 9.71 Å². The molecule has 0 spiro atoms. The fourth-order valence-electron chi connectivity index (χ4n) is 2.35. The molecule has 27 heavy (non-hydrogen) atoms. The van der Waals surface area contributed by atoms with Gasteiger partial charge in [-0.15, -0.1) is 23.7 Å². The molecule has 0 aliphatic rings. The molecule has 0 amide bonds. The van der Waals surface area contributed by atoms with Crippen LogP contribution in [0.2, 0.25) is 5.02 Å². The van der Waals surface area contributed by atoms with E-state index in [1.54, 1.807) is 42.5 Å². The van der Waals surface area contributed by atoms with Crippen molar-refractivity contribution >= 4 is 51.1 Å². The van der Waals surface area contributed by atoms with Crippen molar-refractivity contribution in [2.24, 2.45) is 12.0 Å². The number of aromatic nitrogens is 1. The Morgan fingerprint density at radius 1 is 1.19 bits per heavy atom. The van der Waals surface area contributed by atoms with Crippen LogP contribution in [0, 0.1) is 0 Å². The first-order chi connectivity index (χ1) is 12.3. The highest BCUT2D eigenvalue weighted by atomic mass is 35.5. The molecule has 0 saturated heterocycles. The maximum absolute atomic E-state index is 12.1. The van der Waals surface area contributed by atoms with Crippen LogP contribution >= 0.6 is 35.3 Å². The number of sulfonamides is 1. The molecule has 10 heteroatoms. The summed E-state index contributed by atoms with van der Waals surface area (Å²) in [6.07, 6.45) is 0. The molecular weight excluding hydrogens is 429 g/mol. The molecule has 1 aromatic heterocycles. The van der Waals surface area contributed by atoms with Crippen LogP contribution in [0.5, 0.6) is 5.75 Å². The van der Waals surface area contributed by atoms with Gasteiger partial charge in [0.1, 0.15) is 10.6 Å². The lowest BCUT2D eigenvalue weighted by Crippen LogP contribution is -2.19. The molecule has 0 bridgehead atoms. The van der Waals surface area contributed by atoms with Gasteiger partial charge in [0.05, 0.1) is 16.4 Å². The number of phenolic OH excluding ortho intramolecular Hbond substituents is 1. The van der Waals surface area contributed by atoms with Crippen molar-refractivity contribution < 1.29 is 13.5 Å². The van der Waals surface area contributed by atoms with Gasteiger partial charge < -0.3 is 9.67 Å². The minimum Gasteiger partial charge on any atom is -0.508 e. The van der Waals surface area contributed by atoms with Crippen LogP contribution in [0.25, 0.3) is 11.3 Å². The van der Waals surface area contributed by atoms with Gasteiger partial charge in [0.25, 0.3) is 0 Å². The van der Waals surface area contributed by atoms with Gasteiger partial charge in [0.15, 0.2) is 4.80 Å². The monoisotopic (exact) mass is 445 g/mol. The number of rotatable bonds is 4. The Labute approximate surface area is 172 Å². The molecule has 0 aliphatic heterocycles. The molecule has 0 unspecified atom stereocenters. The second kappa shape index (κ2) is 8.45. The second-order valence-corrected chi connectivity index (χ2v) is 8.54. The Hall–Kier alpha value is -1.84. The number of benzene rings is 2. The van der Waals surface area contributed by atoms with E-state index in [9.17, 15) is 13.5 Å². The van der Waals surface area contributed by atoms with E-state index in [1.165, 1.54) is 18.4 Å². The molecule has 1 heterocycles. The maximum Gasteiger partial charge on any atom is 0.241 e. The summed E-state index contributed by atoms with van der Waals surface area (Å²) >= 11 is 7.48. The second-order valence-electron chi connectivity index (χ2n) is 5.44. The number of aromatic hydroxyl groups is 1. The minimum atomic E-state index is -3.65. The first-order valence-electron chi connectivity index (χ1n) is 7.53. The van der Waals surface area contributed by atoms with E-state index in [0.29, 0.717) is 11.3 Å². The van der Waals surface area contributed by atoms with Gasteiger partial charge in [-0.25, -0.2) is 18.1 Å². The van der Waals surface area contributed by atoms with Crippen molar-refractivity contribution in [2.75, 3.05) is 7.05 Å². The van der Waals surface area contributed by atoms with E-state index in [1.807, 2.05) is 17.0 Å². The summed E-state index contributed by atoms with van der Waals surface area (Å²) in [5, 5.41) is 11.4. The summed E-state index contributed by atoms with van der Waals surface area (Å²) in [7, 11) is -0.455. The van der Waals surface area contributed by atoms with E-state index < -0.39 is 10.0 Å². The lowest BCUT2D eigenvalue weighted by molar-refractivity contribution is 0.475. The van der Waals surface area contributed by atoms with Gasteiger partial charge in [0.2, 0.25) is 10.0 Å². The van der Waals surface area contributed by atoms with E-state index in [-0.39, 0.29) is 28.1 Å². The first kappa shape index (κ1) is 21.5. The summed E-state index contributed by atoms with van der Waals surface area (Å²) in [6.45, 7) is 0. The number of thiazole rings is 1. The van der Waals surface area contributed by atoms with Crippen LogP contribution in [0.15, 0.2) is 57.7 Å². The molecule has 2 N–H and O–H groups in total. The van der Waals surface area contributed by atoms with Crippen molar-refractivity contribution in [2.45, 2.75) is 4.90 Å². The van der Waals surface area contributed by atoms with Crippen LogP contribution in [0.4, 0.5) is 5.69 Å². The Kier molecular flexibility index (Phi) is 6.72. The zero-order valence-corrected chi connectivity index (χ0v) is 17.6. The highest BCUT2D eigenvalue weighted by molar-refractivity contribution is 7.89. The van der Waals surface area contributed by atoms with Crippen LogP contribution < -0.4 is 9.52 Å². The Morgan fingerprint density at radius 2 is 1.85 bits per heavy atom. The van der Waals surface area contributed by atoms with Gasteiger partial charge in [0, 0.05) is 18.0 Å². The number of nitrogens with one attached hydrogen (secondary N) is 1. The number of phenols is 1. The molecule has 3 aromatic rings. The van der Waals surface area contributed by atoms with Crippen molar-refractivity contribution in [1.29, 1.82) is 0 Å². The highest BCUT2D eigenvalue weighted by Crippen LogP contribution is 2.28. The zero-order chi connectivity index (χ0) is 18.9. The lowest BCUT2D eigenvalue weighted by Gasteiger charge is -2.08. The van der Waals surface area contributed by atoms with Crippen molar-refractivity contribution in [1.82, 2.24) is 9.29 Å². The molecule has 3 rings (SSSR count). The molecule has 0 radical (unpaired) electrons. The van der Waals surface area contributed by atoms with Crippen LogP contribution in [0.1, 0.15) is 0 Å². The largest absolute Gasteiger partial charge is 0.508 e. The molecule has 0 atom stereocenters. The zero-order valence-electron chi connectivity index (χ0n) is 14.4. The smallest absolute Gasteiger partial charge is 0.241 e. The summed E-state index contributed by atoms with van der Waals surface area (Å²) in [6, 6.07) is 11.5. The Bertz CT molecular complexity index is 1120. The molecule has 0 fully saturated rings. The highest BCUT2D eigenvalue weighted by Gasteiger charge is 2.17. The van der Waals surface area contributed by atoms with Gasteiger partial charge in [-0.1, -0.05) is 17.7 Å². The summed E-state index contributed by atoms with van der Waals surface area (Å²) in [5.74, 6) is 0.180. The summed E-state index contributed by atoms with van der Waals surface area (Å²) in [4.78, 5) is 5.31. The maximum atomic E-state index is 12.1. The lowest BCUT2D eigenvalue weighted by atomic mass is 10.2. The van der Waals surface area contributed by atoms with Crippen molar-refractivity contribution in [3.05, 3.63) is 57.7 Å². The van der Waals surface area contributed by atoms with Crippen LogP contribution in [-0.4, -0.2) is 25.1 Å². The van der Waals surface area contributed by atoms with Crippen LogP contribution in [0.3, 0.4) is 0 Å². The number of nitrogens with zero attached hydrogens (tertiary/aromatic N) is 2. The molecule has 144 valence electrons. The number of hydrogen-bond acceptors (Lipinski definition) is 5. The third-order valence-electron chi connectivity index (χ3n) is 3.78. The predicted molar refractivity (Wildman–Crippen MR) is 111 cm³/mol. The fourth-order valence-corrected chi connectivity index (χ4v) is 4.52. The average molecular weight is 446 g/mol. The van der Waals surface area contributed by atoms with Crippen molar-refractivity contribution in [3.8, 4) is 17.0 Å². The third kappa shape index (κ3) is 4.53.